The maximum absolute atomic E-state index is 5.65. The molecular formula is C16H28N2O2. The van der Waals surface area contributed by atoms with Gasteiger partial charge in [0.1, 0.15) is 0 Å². The van der Waals surface area contributed by atoms with Crippen molar-refractivity contribution < 1.29 is 9.47 Å². The highest BCUT2D eigenvalue weighted by Crippen LogP contribution is 2.28. The summed E-state index contributed by atoms with van der Waals surface area (Å²) < 4.78 is 11.0. The van der Waals surface area contributed by atoms with Gasteiger partial charge in [-0.2, -0.15) is 0 Å². The van der Waals surface area contributed by atoms with Crippen molar-refractivity contribution in [1.82, 2.24) is 10.2 Å². The third-order valence-corrected chi connectivity index (χ3v) is 2.98. The topological polar surface area (TPSA) is 33.7 Å². The van der Waals surface area contributed by atoms with Crippen LogP contribution in [-0.4, -0.2) is 45.8 Å². The lowest BCUT2D eigenvalue weighted by Crippen LogP contribution is -2.21. The number of methoxy groups -OCH3 is 1. The molecule has 0 spiro atoms. The van der Waals surface area contributed by atoms with E-state index in [4.69, 9.17) is 9.47 Å². The maximum atomic E-state index is 5.65. The Morgan fingerprint density at radius 2 is 2.00 bits per heavy atom. The zero-order chi connectivity index (χ0) is 14.8. The second kappa shape index (κ2) is 9.61. The summed E-state index contributed by atoms with van der Waals surface area (Å²) in [5.41, 5.74) is 1.22. The van der Waals surface area contributed by atoms with Crippen molar-refractivity contribution in [1.29, 1.82) is 0 Å². The summed E-state index contributed by atoms with van der Waals surface area (Å²) >= 11 is 0. The maximum Gasteiger partial charge on any atom is 0.161 e. The Balaban J connectivity index is 2.42. The first-order valence-electron chi connectivity index (χ1n) is 7.32. The second-order valence-corrected chi connectivity index (χ2v) is 5.17. The number of nitrogens with one attached hydrogen (secondary N) is 1. The molecule has 0 amide bonds. The van der Waals surface area contributed by atoms with Gasteiger partial charge < -0.3 is 19.7 Å². The Morgan fingerprint density at radius 1 is 1.20 bits per heavy atom. The van der Waals surface area contributed by atoms with Gasteiger partial charge in [0.05, 0.1) is 13.7 Å². The molecule has 114 valence electrons. The number of rotatable bonds is 10. The lowest BCUT2D eigenvalue weighted by Gasteiger charge is -2.13. The highest BCUT2D eigenvalue weighted by Gasteiger charge is 2.05. The highest BCUT2D eigenvalue weighted by molar-refractivity contribution is 5.42. The first-order valence-corrected chi connectivity index (χ1v) is 7.32. The van der Waals surface area contributed by atoms with Crippen LogP contribution >= 0.6 is 0 Å². The standard InChI is InChI=1S/C16H28N2O2/c1-5-11-20-15-8-7-14(12-16(15)19-4)13-17-9-6-10-18(2)3/h7-8,12,17H,5-6,9-11,13H2,1-4H3. The van der Waals surface area contributed by atoms with Crippen molar-refractivity contribution in [2.75, 3.05) is 40.9 Å². The van der Waals surface area contributed by atoms with Crippen LogP contribution in [0.3, 0.4) is 0 Å². The molecule has 0 aromatic heterocycles. The Kier molecular flexibility index (Phi) is 8.07. The van der Waals surface area contributed by atoms with Crippen LogP contribution in [0, 0.1) is 0 Å². The predicted octanol–water partition coefficient (Wildman–Crippen LogP) is 2.53. The Bertz CT molecular complexity index is 381. The van der Waals surface area contributed by atoms with E-state index in [2.05, 4.69) is 37.3 Å². The molecule has 4 heteroatoms. The van der Waals surface area contributed by atoms with Gasteiger partial charge in [0.2, 0.25) is 0 Å². The van der Waals surface area contributed by atoms with Gasteiger partial charge in [-0.3, -0.25) is 0 Å². The molecule has 0 aliphatic rings. The third-order valence-electron chi connectivity index (χ3n) is 2.98. The van der Waals surface area contributed by atoms with Crippen LogP contribution in [0.5, 0.6) is 11.5 Å². The summed E-state index contributed by atoms with van der Waals surface area (Å²) in [6.07, 6.45) is 2.15. The average molecular weight is 280 g/mol. The minimum Gasteiger partial charge on any atom is -0.493 e. The molecule has 0 atom stereocenters. The fourth-order valence-corrected chi connectivity index (χ4v) is 1.91. The van der Waals surface area contributed by atoms with Gasteiger partial charge in [-0.15, -0.1) is 0 Å². The van der Waals surface area contributed by atoms with Crippen molar-refractivity contribution >= 4 is 0 Å². The smallest absolute Gasteiger partial charge is 0.161 e. The van der Waals surface area contributed by atoms with Gasteiger partial charge in [0, 0.05) is 6.54 Å². The first-order chi connectivity index (χ1) is 9.67. The monoisotopic (exact) mass is 280 g/mol. The number of benzene rings is 1. The molecule has 0 aliphatic carbocycles. The van der Waals surface area contributed by atoms with E-state index in [0.29, 0.717) is 0 Å². The summed E-state index contributed by atoms with van der Waals surface area (Å²) in [7, 11) is 5.88. The van der Waals surface area contributed by atoms with E-state index in [9.17, 15) is 0 Å². The Hall–Kier alpha value is -1.26. The van der Waals surface area contributed by atoms with Crippen LogP contribution in [0.2, 0.25) is 0 Å². The molecule has 0 saturated heterocycles. The van der Waals surface area contributed by atoms with E-state index in [0.717, 1.165) is 50.6 Å². The summed E-state index contributed by atoms with van der Waals surface area (Å²) in [6.45, 7) is 5.81. The molecule has 20 heavy (non-hydrogen) atoms. The molecule has 0 saturated carbocycles. The van der Waals surface area contributed by atoms with E-state index in [1.807, 2.05) is 12.1 Å². The first kappa shape index (κ1) is 16.8. The van der Waals surface area contributed by atoms with E-state index in [1.54, 1.807) is 7.11 Å². The van der Waals surface area contributed by atoms with Gasteiger partial charge in [0.25, 0.3) is 0 Å². The van der Waals surface area contributed by atoms with Gasteiger partial charge >= 0.3 is 0 Å². The summed E-state index contributed by atoms with van der Waals surface area (Å²) in [6, 6.07) is 6.13. The second-order valence-electron chi connectivity index (χ2n) is 5.17. The molecule has 1 N–H and O–H groups in total. The molecule has 0 unspecified atom stereocenters. The van der Waals surface area contributed by atoms with Crippen molar-refractivity contribution in [3.63, 3.8) is 0 Å². The van der Waals surface area contributed by atoms with Gasteiger partial charge in [0.15, 0.2) is 11.5 Å². The highest BCUT2D eigenvalue weighted by atomic mass is 16.5. The minimum atomic E-state index is 0.721. The van der Waals surface area contributed by atoms with Gasteiger partial charge in [-0.25, -0.2) is 0 Å². The summed E-state index contributed by atoms with van der Waals surface area (Å²) in [5, 5.41) is 3.45. The van der Waals surface area contributed by atoms with Crippen LogP contribution < -0.4 is 14.8 Å². The zero-order valence-corrected chi connectivity index (χ0v) is 13.2. The lowest BCUT2D eigenvalue weighted by atomic mass is 10.2. The van der Waals surface area contributed by atoms with Crippen molar-refractivity contribution in [3.8, 4) is 11.5 Å². The Labute approximate surface area is 123 Å². The quantitative estimate of drug-likeness (QED) is 0.668. The third kappa shape index (κ3) is 6.26. The van der Waals surface area contributed by atoms with E-state index in [-0.39, 0.29) is 0 Å². The molecule has 1 aromatic carbocycles. The molecule has 1 rings (SSSR count). The van der Waals surface area contributed by atoms with Crippen LogP contribution in [0.25, 0.3) is 0 Å². The number of hydrogen-bond acceptors (Lipinski definition) is 4. The number of ether oxygens (including phenoxy) is 2. The molecule has 1 aromatic rings. The van der Waals surface area contributed by atoms with E-state index in [1.165, 1.54) is 5.56 Å². The van der Waals surface area contributed by atoms with Crippen LogP contribution in [-0.2, 0) is 6.54 Å². The van der Waals surface area contributed by atoms with Gasteiger partial charge in [-0.05, 0) is 57.7 Å². The number of nitrogens with zero attached hydrogens (tertiary/aromatic N) is 1. The van der Waals surface area contributed by atoms with Crippen molar-refractivity contribution in [2.45, 2.75) is 26.3 Å². The fourth-order valence-electron chi connectivity index (χ4n) is 1.91. The molecule has 0 radical (unpaired) electrons. The molecule has 0 fully saturated rings. The molecular weight excluding hydrogens is 252 g/mol. The van der Waals surface area contributed by atoms with Crippen LogP contribution in [0.1, 0.15) is 25.3 Å². The summed E-state index contributed by atoms with van der Waals surface area (Å²) in [4.78, 5) is 2.20. The van der Waals surface area contributed by atoms with Crippen molar-refractivity contribution in [2.24, 2.45) is 0 Å². The Morgan fingerprint density at radius 3 is 2.65 bits per heavy atom. The SMILES string of the molecule is CCCOc1ccc(CNCCCN(C)C)cc1OC. The fraction of sp³-hybridized carbons (Fsp3) is 0.625. The largest absolute Gasteiger partial charge is 0.493 e. The van der Waals surface area contributed by atoms with Crippen LogP contribution in [0.4, 0.5) is 0 Å². The van der Waals surface area contributed by atoms with Crippen LogP contribution in [0.15, 0.2) is 18.2 Å². The molecule has 0 heterocycles. The van der Waals surface area contributed by atoms with E-state index < -0.39 is 0 Å². The zero-order valence-electron chi connectivity index (χ0n) is 13.2. The predicted molar refractivity (Wildman–Crippen MR) is 83.7 cm³/mol. The average Bonchev–Trinajstić information content (AvgIpc) is 2.44. The van der Waals surface area contributed by atoms with Gasteiger partial charge in [-0.1, -0.05) is 13.0 Å². The minimum absolute atomic E-state index is 0.721. The van der Waals surface area contributed by atoms with E-state index >= 15 is 0 Å². The number of hydrogen-bond donors (Lipinski definition) is 1. The molecule has 0 aliphatic heterocycles. The summed E-state index contributed by atoms with van der Waals surface area (Å²) in [5.74, 6) is 1.64. The lowest BCUT2D eigenvalue weighted by molar-refractivity contribution is 0.294. The molecule has 0 bridgehead atoms. The normalized spacial score (nSPS) is 10.8. The molecule has 4 nitrogen and oxygen atoms in total. The van der Waals surface area contributed by atoms with Crippen molar-refractivity contribution in [3.05, 3.63) is 23.8 Å².